The number of carbonyl (C=O) groups is 1. The van der Waals surface area contributed by atoms with Crippen LogP contribution in [0.2, 0.25) is 0 Å². The zero-order valence-corrected chi connectivity index (χ0v) is 12.8. The van der Waals surface area contributed by atoms with Crippen molar-refractivity contribution in [2.45, 2.75) is 6.92 Å². The van der Waals surface area contributed by atoms with Crippen LogP contribution in [0.25, 0.3) is 5.65 Å². The molecule has 0 bridgehead atoms. The first-order chi connectivity index (χ1) is 10.1. The third kappa shape index (κ3) is 2.38. The Kier molecular flexibility index (Phi) is 3.39. The van der Waals surface area contributed by atoms with E-state index in [0.29, 0.717) is 11.5 Å². The van der Waals surface area contributed by atoms with E-state index >= 15 is 0 Å². The number of nitrogens with zero attached hydrogens (tertiary/aromatic N) is 2. The first kappa shape index (κ1) is 13.6. The number of carboxylic acids is 1. The van der Waals surface area contributed by atoms with Crippen LogP contribution in [0.15, 0.2) is 47.1 Å². The van der Waals surface area contributed by atoms with Gasteiger partial charge in [-0.2, -0.15) is 0 Å². The van der Waals surface area contributed by atoms with Gasteiger partial charge < -0.3 is 10.4 Å². The number of hydrogen-bond donors (Lipinski definition) is 2. The first-order valence-electron chi connectivity index (χ1n) is 6.30. The zero-order chi connectivity index (χ0) is 15.0. The third-order valence-electron chi connectivity index (χ3n) is 3.18. The molecular formula is C15H12BrN3O2. The molecule has 5 nitrogen and oxygen atoms in total. The van der Waals surface area contributed by atoms with E-state index in [1.165, 1.54) is 0 Å². The van der Waals surface area contributed by atoms with Crippen molar-refractivity contribution < 1.29 is 9.90 Å². The Balaban J connectivity index is 2.14. The molecule has 0 aliphatic rings. The number of imidazole rings is 1. The van der Waals surface area contributed by atoms with Crippen LogP contribution in [0.3, 0.4) is 0 Å². The molecule has 0 fully saturated rings. The second-order valence-electron chi connectivity index (χ2n) is 4.60. The standard InChI is InChI=1S/C15H12BrN3O2/c1-9-5-4-6-10(12(9)16)17-14-13(15(20)21)19-8-3-2-7-11(19)18-14/h2-8,17H,1H3,(H,20,21). The third-order valence-corrected chi connectivity index (χ3v) is 4.23. The van der Waals surface area contributed by atoms with Crippen molar-refractivity contribution in [2.75, 3.05) is 5.32 Å². The number of rotatable bonds is 3. The summed E-state index contributed by atoms with van der Waals surface area (Å²) in [5.74, 6) is -0.708. The molecule has 0 atom stereocenters. The number of aromatic nitrogens is 2. The largest absolute Gasteiger partial charge is 0.476 e. The number of hydrogen-bond acceptors (Lipinski definition) is 3. The number of carboxylic acid groups (broad SMARTS) is 1. The van der Waals surface area contributed by atoms with Gasteiger partial charge in [0.15, 0.2) is 11.5 Å². The van der Waals surface area contributed by atoms with Crippen molar-refractivity contribution in [2.24, 2.45) is 0 Å². The second kappa shape index (κ2) is 5.21. The first-order valence-corrected chi connectivity index (χ1v) is 7.10. The van der Waals surface area contributed by atoms with E-state index < -0.39 is 5.97 Å². The SMILES string of the molecule is Cc1cccc(Nc2nc3ccccn3c2C(=O)O)c1Br. The summed E-state index contributed by atoms with van der Waals surface area (Å²) in [6.07, 6.45) is 1.68. The minimum absolute atomic E-state index is 0.110. The van der Waals surface area contributed by atoms with Crippen molar-refractivity contribution >= 4 is 39.1 Å². The normalized spacial score (nSPS) is 10.8. The van der Waals surface area contributed by atoms with E-state index in [0.717, 1.165) is 15.7 Å². The van der Waals surface area contributed by atoms with Gasteiger partial charge >= 0.3 is 5.97 Å². The van der Waals surface area contributed by atoms with Gasteiger partial charge in [-0.05, 0) is 46.6 Å². The van der Waals surface area contributed by atoms with Crippen LogP contribution in [0.5, 0.6) is 0 Å². The molecule has 0 aliphatic heterocycles. The number of aromatic carboxylic acids is 1. The van der Waals surface area contributed by atoms with Crippen molar-refractivity contribution in [1.29, 1.82) is 0 Å². The van der Waals surface area contributed by atoms with Crippen LogP contribution in [-0.4, -0.2) is 20.5 Å². The molecule has 106 valence electrons. The van der Waals surface area contributed by atoms with Crippen molar-refractivity contribution in [3.8, 4) is 0 Å². The summed E-state index contributed by atoms with van der Waals surface area (Å²) in [6, 6.07) is 11.1. The summed E-state index contributed by atoms with van der Waals surface area (Å²) in [5, 5.41) is 12.5. The Labute approximate surface area is 129 Å². The highest BCUT2D eigenvalue weighted by Gasteiger charge is 2.19. The molecule has 0 unspecified atom stereocenters. The molecule has 2 heterocycles. The molecular weight excluding hydrogens is 334 g/mol. The van der Waals surface area contributed by atoms with Crippen LogP contribution in [-0.2, 0) is 0 Å². The van der Waals surface area contributed by atoms with E-state index in [2.05, 4.69) is 26.2 Å². The predicted octanol–water partition coefficient (Wildman–Crippen LogP) is 3.85. The lowest BCUT2D eigenvalue weighted by atomic mass is 10.2. The number of benzene rings is 1. The molecule has 0 aliphatic carbocycles. The van der Waals surface area contributed by atoms with Gasteiger partial charge in [0.1, 0.15) is 5.65 Å². The Morgan fingerprint density at radius 2 is 2.10 bits per heavy atom. The summed E-state index contributed by atoms with van der Waals surface area (Å²) in [6.45, 7) is 1.97. The summed E-state index contributed by atoms with van der Waals surface area (Å²) in [7, 11) is 0. The molecule has 6 heteroatoms. The molecule has 2 aromatic heterocycles. The van der Waals surface area contributed by atoms with E-state index in [1.807, 2.05) is 31.2 Å². The summed E-state index contributed by atoms with van der Waals surface area (Å²) >= 11 is 3.50. The van der Waals surface area contributed by atoms with Gasteiger partial charge in [0.2, 0.25) is 0 Å². The molecule has 0 radical (unpaired) electrons. The van der Waals surface area contributed by atoms with Crippen molar-refractivity contribution in [1.82, 2.24) is 9.38 Å². The van der Waals surface area contributed by atoms with E-state index in [9.17, 15) is 9.90 Å². The monoisotopic (exact) mass is 345 g/mol. The summed E-state index contributed by atoms with van der Waals surface area (Å²) in [4.78, 5) is 15.9. The number of halogens is 1. The number of fused-ring (bicyclic) bond motifs is 1. The number of pyridine rings is 1. The van der Waals surface area contributed by atoms with Crippen LogP contribution in [0.1, 0.15) is 16.1 Å². The van der Waals surface area contributed by atoms with E-state index in [4.69, 9.17) is 0 Å². The predicted molar refractivity (Wildman–Crippen MR) is 84.3 cm³/mol. The minimum atomic E-state index is -1.03. The maximum atomic E-state index is 11.5. The smallest absolute Gasteiger partial charge is 0.356 e. The fourth-order valence-corrected chi connectivity index (χ4v) is 2.52. The summed E-state index contributed by atoms with van der Waals surface area (Å²) < 4.78 is 2.44. The quantitative estimate of drug-likeness (QED) is 0.756. The van der Waals surface area contributed by atoms with Gasteiger partial charge in [0.25, 0.3) is 0 Å². The lowest BCUT2D eigenvalue weighted by molar-refractivity contribution is 0.0690. The fraction of sp³-hybridized carbons (Fsp3) is 0.0667. The van der Waals surface area contributed by atoms with Gasteiger partial charge in [0, 0.05) is 10.7 Å². The Morgan fingerprint density at radius 3 is 2.86 bits per heavy atom. The Bertz CT molecular complexity index is 842. The molecule has 0 amide bonds. The number of aryl methyl sites for hydroxylation is 1. The van der Waals surface area contributed by atoms with Gasteiger partial charge in [-0.25, -0.2) is 9.78 Å². The van der Waals surface area contributed by atoms with Crippen LogP contribution < -0.4 is 5.32 Å². The van der Waals surface area contributed by atoms with Gasteiger partial charge in [-0.3, -0.25) is 4.40 Å². The van der Waals surface area contributed by atoms with E-state index in [-0.39, 0.29) is 5.69 Å². The van der Waals surface area contributed by atoms with Gasteiger partial charge in [0.05, 0.1) is 5.69 Å². The minimum Gasteiger partial charge on any atom is -0.476 e. The zero-order valence-electron chi connectivity index (χ0n) is 11.2. The topological polar surface area (TPSA) is 66.6 Å². The maximum absolute atomic E-state index is 11.5. The molecule has 3 aromatic rings. The van der Waals surface area contributed by atoms with Crippen LogP contribution >= 0.6 is 15.9 Å². The molecule has 0 saturated heterocycles. The lowest BCUT2D eigenvalue weighted by Crippen LogP contribution is -2.05. The number of anilines is 2. The van der Waals surface area contributed by atoms with Crippen LogP contribution in [0.4, 0.5) is 11.5 Å². The lowest BCUT2D eigenvalue weighted by Gasteiger charge is -2.08. The highest BCUT2D eigenvalue weighted by molar-refractivity contribution is 9.10. The molecule has 0 saturated carbocycles. The summed E-state index contributed by atoms with van der Waals surface area (Å²) in [5.41, 5.74) is 2.53. The molecule has 3 rings (SSSR count). The average Bonchev–Trinajstić information content (AvgIpc) is 2.82. The van der Waals surface area contributed by atoms with Gasteiger partial charge in [-0.1, -0.05) is 18.2 Å². The Hall–Kier alpha value is -2.34. The highest BCUT2D eigenvalue weighted by atomic mass is 79.9. The van der Waals surface area contributed by atoms with Crippen molar-refractivity contribution in [3.63, 3.8) is 0 Å². The molecule has 0 spiro atoms. The average molecular weight is 346 g/mol. The van der Waals surface area contributed by atoms with Crippen LogP contribution in [0, 0.1) is 6.92 Å². The van der Waals surface area contributed by atoms with E-state index in [1.54, 1.807) is 22.7 Å². The fourth-order valence-electron chi connectivity index (χ4n) is 2.16. The molecule has 21 heavy (non-hydrogen) atoms. The van der Waals surface area contributed by atoms with Crippen molar-refractivity contribution in [3.05, 3.63) is 58.3 Å². The Morgan fingerprint density at radius 1 is 1.29 bits per heavy atom. The highest BCUT2D eigenvalue weighted by Crippen LogP contribution is 2.30. The number of nitrogens with one attached hydrogen (secondary N) is 1. The molecule has 2 N–H and O–H groups in total. The van der Waals surface area contributed by atoms with Gasteiger partial charge in [-0.15, -0.1) is 0 Å². The maximum Gasteiger partial charge on any atom is 0.356 e. The second-order valence-corrected chi connectivity index (χ2v) is 5.40. The molecule has 1 aromatic carbocycles.